The summed E-state index contributed by atoms with van der Waals surface area (Å²) >= 11 is 3.14. The molecule has 1 aliphatic carbocycles. The first-order valence-corrected chi connectivity index (χ1v) is 12.5. The van der Waals surface area contributed by atoms with Gasteiger partial charge in [-0.05, 0) is 51.0 Å². The van der Waals surface area contributed by atoms with Crippen molar-refractivity contribution in [3.8, 4) is 0 Å². The number of nitrogens with zero attached hydrogens (tertiary/aromatic N) is 3. The van der Waals surface area contributed by atoms with Crippen LogP contribution >= 0.6 is 22.7 Å². The second-order valence-corrected chi connectivity index (χ2v) is 10.4. The number of hydrogen-bond acceptors (Lipinski definition) is 6. The molecule has 5 rings (SSSR count). The molecule has 0 spiro atoms. The van der Waals surface area contributed by atoms with E-state index in [1.807, 2.05) is 11.5 Å². The molecule has 0 saturated heterocycles. The number of carbonyl (C=O) groups excluding carboxylic acids is 1. The number of amides is 1. The van der Waals surface area contributed by atoms with Crippen molar-refractivity contribution in [1.29, 1.82) is 0 Å². The third kappa shape index (κ3) is 3.60. The Morgan fingerprint density at radius 1 is 1.07 bits per heavy atom. The van der Waals surface area contributed by atoms with Crippen molar-refractivity contribution in [2.45, 2.75) is 71.3 Å². The third-order valence-corrected chi connectivity index (χ3v) is 8.53. The van der Waals surface area contributed by atoms with Crippen LogP contribution in [0, 0.1) is 6.92 Å². The first-order chi connectivity index (χ1) is 14.6. The van der Waals surface area contributed by atoms with E-state index in [1.165, 1.54) is 34.7 Å². The topological polar surface area (TPSA) is 76.9 Å². The van der Waals surface area contributed by atoms with Crippen LogP contribution in [0.2, 0.25) is 0 Å². The third-order valence-electron chi connectivity index (χ3n) is 6.13. The van der Waals surface area contributed by atoms with Gasteiger partial charge >= 0.3 is 0 Å². The number of rotatable bonds is 4. The summed E-state index contributed by atoms with van der Waals surface area (Å²) in [5.41, 5.74) is 2.03. The molecule has 0 fully saturated rings. The second kappa shape index (κ2) is 8.23. The Hall–Kier alpha value is -2.06. The van der Waals surface area contributed by atoms with Gasteiger partial charge in [-0.1, -0.05) is 6.42 Å². The quantitative estimate of drug-likeness (QED) is 0.667. The minimum Gasteiger partial charge on any atom is -0.351 e. The average Bonchev–Trinajstić information content (AvgIpc) is 3.20. The molecule has 6 nitrogen and oxygen atoms in total. The highest BCUT2D eigenvalue weighted by Gasteiger charge is 2.22. The first kappa shape index (κ1) is 19.9. The molecule has 2 aliphatic rings. The summed E-state index contributed by atoms with van der Waals surface area (Å²) in [6, 6.07) is 0. The molecule has 0 unspecified atom stereocenters. The molecule has 4 heterocycles. The Morgan fingerprint density at radius 3 is 2.77 bits per heavy atom. The van der Waals surface area contributed by atoms with Gasteiger partial charge in [0.25, 0.3) is 11.5 Å². The average molecular weight is 443 g/mol. The zero-order valence-corrected chi connectivity index (χ0v) is 18.9. The molecule has 1 aliphatic heterocycles. The van der Waals surface area contributed by atoms with E-state index in [1.54, 1.807) is 11.3 Å². The van der Waals surface area contributed by atoms with Crippen LogP contribution < -0.4 is 10.9 Å². The number of aromatic nitrogens is 3. The van der Waals surface area contributed by atoms with E-state index in [0.29, 0.717) is 21.6 Å². The standard InChI is InChI=1S/C22H26N4O2S2/c1-13-18-21(25-16-9-3-2-6-12-26(16)22(18)28)30-19(13)20(27)23-11-10-17-24-14-7-4-5-8-15(14)29-17/h2-12H2,1H3,(H,23,27). The molecular weight excluding hydrogens is 416 g/mol. The lowest BCUT2D eigenvalue weighted by molar-refractivity contribution is 0.0957. The van der Waals surface area contributed by atoms with Crippen molar-refractivity contribution >= 4 is 38.8 Å². The van der Waals surface area contributed by atoms with Crippen molar-refractivity contribution in [2.75, 3.05) is 6.54 Å². The van der Waals surface area contributed by atoms with Crippen molar-refractivity contribution in [3.05, 3.63) is 42.2 Å². The van der Waals surface area contributed by atoms with Gasteiger partial charge < -0.3 is 5.32 Å². The molecule has 158 valence electrons. The van der Waals surface area contributed by atoms with Gasteiger partial charge in [-0.2, -0.15) is 0 Å². The molecule has 1 amide bonds. The van der Waals surface area contributed by atoms with Gasteiger partial charge in [0.2, 0.25) is 0 Å². The number of hydrogen-bond donors (Lipinski definition) is 1. The lowest BCUT2D eigenvalue weighted by Gasteiger charge is -2.08. The zero-order chi connectivity index (χ0) is 20.7. The van der Waals surface area contributed by atoms with E-state index in [4.69, 9.17) is 9.97 Å². The van der Waals surface area contributed by atoms with E-state index < -0.39 is 0 Å². The van der Waals surface area contributed by atoms with Gasteiger partial charge in [0.1, 0.15) is 10.7 Å². The molecule has 0 radical (unpaired) electrons. The Kier molecular flexibility index (Phi) is 5.45. The van der Waals surface area contributed by atoms with Gasteiger partial charge in [-0.15, -0.1) is 22.7 Å². The fraction of sp³-hybridized carbons (Fsp3) is 0.545. The van der Waals surface area contributed by atoms with Gasteiger partial charge in [-0.3, -0.25) is 14.2 Å². The fourth-order valence-electron chi connectivity index (χ4n) is 4.50. The summed E-state index contributed by atoms with van der Waals surface area (Å²) in [5.74, 6) is 0.752. The van der Waals surface area contributed by atoms with Crippen LogP contribution in [0.5, 0.6) is 0 Å². The molecule has 3 aromatic rings. The maximum Gasteiger partial charge on any atom is 0.262 e. The molecule has 0 atom stereocenters. The smallest absolute Gasteiger partial charge is 0.262 e. The van der Waals surface area contributed by atoms with Crippen LogP contribution in [-0.2, 0) is 32.2 Å². The van der Waals surface area contributed by atoms with E-state index >= 15 is 0 Å². The molecular formula is C22H26N4O2S2. The Labute approximate surface area is 183 Å². The van der Waals surface area contributed by atoms with Crippen molar-refractivity contribution in [1.82, 2.24) is 19.9 Å². The molecule has 3 aromatic heterocycles. The number of aryl methyl sites for hydroxylation is 4. The van der Waals surface area contributed by atoms with Gasteiger partial charge in [-0.25, -0.2) is 9.97 Å². The Balaban J connectivity index is 1.33. The summed E-state index contributed by atoms with van der Waals surface area (Å²) in [4.78, 5) is 38.2. The number of carbonyl (C=O) groups is 1. The Morgan fingerprint density at radius 2 is 1.90 bits per heavy atom. The highest BCUT2D eigenvalue weighted by molar-refractivity contribution is 7.20. The molecule has 0 saturated carbocycles. The van der Waals surface area contributed by atoms with Crippen molar-refractivity contribution in [2.24, 2.45) is 0 Å². The van der Waals surface area contributed by atoms with E-state index in [9.17, 15) is 9.59 Å². The number of thiazole rings is 1. The minimum absolute atomic E-state index is 0.0121. The van der Waals surface area contributed by atoms with Gasteiger partial charge in [0.05, 0.1) is 21.0 Å². The van der Waals surface area contributed by atoms with Crippen LogP contribution in [0.15, 0.2) is 4.79 Å². The van der Waals surface area contributed by atoms with Crippen molar-refractivity contribution < 1.29 is 4.79 Å². The van der Waals surface area contributed by atoms with Gasteiger partial charge in [0.15, 0.2) is 0 Å². The fourth-order valence-corrected chi connectivity index (χ4v) is 6.77. The maximum absolute atomic E-state index is 13.1. The van der Waals surface area contributed by atoms with E-state index in [-0.39, 0.29) is 11.5 Å². The predicted molar refractivity (Wildman–Crippen MR) is 121 cm³/mol. The van der Waals surface area contributed by atoms with E-state index in [0.717, 1.165) is 67.9 Å². The highest BCUT2D eigenvalue weighted by atomic mass is 32.1. The minimum atomic E-state index is -0.114. The molecule has 8 heteroatoms. The van der Waals surface area contributed by atoms with Crippen LogP contribution in [0.3, 0.4) is 0 Å². The summed E-state index contributed by atoms with van der Waals surface area (Å²) in [6.07, 6.45) is 9.52. The molecule has 0 bridgehead atoms. The normalized spacial score (nSPS) is 16.2. The van der Waals surface area contributed by atoms with Gasteiger partial charge in [0, 0.05) is 30.8 Å². The monoisotopic (exact) mass is 442 g/mol. The first-order valence-electron chi connectivity index (χ1n) is 10.9. The van der Waals surface area contributed by atoms with Crippen LogP contribution in [0.1, 0.15) is 68.7 Å². The lowest BCUT2D eigenvalue weighted by Crippen LogP contribution is -2.26. The molecule has 0 aromatic carbocycles. The second-order valence-electron chi connectivity index (χ2n) is 8.22. The SMILES string of the molecule is Cc1c(C(=O)NCCc2nc3c(s2)CCCC3)sc2nc3n(c(=O)c12)CCCCC3. The largest absolute Gasteiger partial charge is 0.351 e. The van der Waals surface area contributed by atoms with Crippen molar-refractivity contribution in [3.63, 3.8) is 0 Å². The van der Waals surface area contributed by atoms with E-state index in [2.05, 4.69) is 5.32 Å². The summed E-state index contributed by atoms with van der Waals surface area (Å²) < 4.78 is 1.82. The molecule has 1 N–H and O–H groups in total. The summed E-state index contributed by atoms with van der Waals surface area (Å²) in [6.45, 7) is 3.16. The number of thiophene rings is 1. The Bertz CT molecular complexity index is 1150. The van der Waals surface area contributed by atoms with Crippen LogP contribution in [0.25, 0.3) is 10.2 Å². The maximum atomic E-state index is 13.1. The summed E-state index contributed by atoms with van der Waals surface area (Å²) in [7, 11) is 0. The van der Waals surface area contributed by atoms with Crippen LogP contribution in [0.4, 0.5) is 0 Å². The zero-order valence-electron chi connectivity index (χ0n) is 17.3. The van der Waals surface area contributed by atoms with Crippen LogP contribution in [-0.4, -0.2) is 27.0 Å². The highest BCUT2D eigenvalue weighted by Crippen LogP contribution is 2.29. The number of nitrogens with one attached hydrogen (secondary N) is 1. The summed E-state index contributed by atoms with van der Waals surface area (Å²) in [5, 5.41) is 4.75. The number of fused-ring (bicyclic) bond motifs is 3. The predicted octanol–water partition coefficient (Wildman–Crippen LogP) is 3.80. The lowest BCUT2D eigenvalue weighted by atomic mass is 10.0. The molecule has 30 heavy (non-hydrogen) atoms.